The van der Waals surface area contributed by atoms with Crippen molar-refractivity contribution in [2.24, 2.45) is 5.92 Å². The molecular formula is C16H34N2O2. The molecular weight excluding hydrogens is 252 g/mol. The molecule has 0 aliphatic rings. The molecule has 0 radical (unpaired) electrons. The maximum atomic E-state index is 5.55. The fraction of sp³-hybridized carbons (Fsp3) is 0.875. The summed E-state index contributed by atoms with van der Waals surface area (Å²) in [6.07, 6.45) is 9.01. The van der Waals surface area contributed by atoms with Gasteiger partial charge in [-0.15, -0.1) is 0 Å². The summed E-state index contributed by atoms with van der Waals surface area (Å²) in [6, 6.07) is 0. The van der Waals surface area contributed by atoms with Gasteiger partial charge in [0.2, 0.25) is 0 Å². The molecule has 0 aromatic heterocycles. The van der Waals surface area contributed by atoms with Crippen LogP contribution in [0, 0.1) is 5.92 Å². The number of ether oxygens (including phenoxy) is 2. The Bertz CT molecular complexity index is 211. The maximum absolute atomic E-state index is 5.55. The van der Waals surface area contributed by atoms with E-state index in [0.29, 0.717) is 19.4 Å². The molecule has 0 saturated carbocycles. The predicted octanol–water partition coefficient (Wildman–Crippen LogP) is 2.91. The number of rotatable bonds is 15. The molecule has 0 aliphatic carbocycles. The predicted molar refractivity (Wildman–Crippen MR) is 85.8 cm³/mol. The van der Waals surface area contributed by atoms with Gasteiger partial charge in [-0.05, 0) is 18.8 Å². The van der Waals surface area contributed by atoms with E-state index in [1.54, 1.807) is 0 Å². The molecule has 1 atom stereocenters. The van der Waals surface area contributed by atoms with Gasteiger partial charge < -0.3 is 9.47 Å². The van der Waals surface area contributed by atoms with Crippen molar-refractivity contribution in [1.82, 2.24) is 10.6 Å². The van der Waals surface area contributed by atoms with Crippen LogP contribution in [-0.2, 0) is 9.47 Å². The van der Waals surface area contributed by atoms with Crippen molar-refractivity contribution < 1.29 is 9.47 Å². The second-order valence-electron chi connectivity index (χ2n) is 5.19. The van der Waals surface area contributed by atoms with E-state index in [-0.39, 0.29) is 0 Å². The Hall–Kier alpha value is -0.420. The standard InChI is InChI=1S/C16H34N2O2/c1-4-6-12-19-14-17-10-7-8-11-18-15-20-13-16(3)9-5-2/h7-8,16-18H,4-6,9-15H2,1-3H3. The molecule has 0 fully saturated rings. The second-order valence-corrected chi connectivity index (χ2v) is 5.19. The van der Waals surface area contributed by atoms with E-state index in [2.05, 4.69) is 43.6 Å². The lowest BCUT2D eigenvalue weighted by Gasteiger charge is -2.10. The minimum absolute atomic E-state index is 0.631. The highest BCUT2D eigenvalue weighted by molar-refractivity contribution is 4.84. The first kappa shape index (κ1) is 19.6. The van der Waals surface area contributed by atoms with Crippen LogP contribution in [0.3, 0.4) is 0 Å². The lowest BCUT2D eigenvalue weighted by atomic mass is 10.1. The molecule has 0 rings (SSSR count). The monoisotopic (exact) mass is 286 g/mol. The highest BCUT2D eigenvalue weighted by Gasteiger charge is 1.99. The topological polar surface area (TPSA) is 42.5 Å². The third-order valence-electron chi connectivity index (χ3n) is 2.93. The SMILES string of the molecule is CCCCOCNCC=CCNCOCC(C)CCC. The summed E-state index contributed by atoms with van der Waals surface area (Å²) < 4.78 is 10.9. The smallest absolute Gasteiger partial charge is 0.0967 e. The van der Waals surface area contributed by atoms with E-state index < -0.39 is 0 Å². The van der Waals surface area contributed by atoms with E-state index in [4.69, 9.17) is 9.47 Å². The summed E-state index contributed by atoms with van der Waals surface area (Å²) in [4.78, 5) is 0. The summed E-state index contributed by atoms with van der Waals surface area (Å²) >= 11 is 0. The summed E-state index contributed by atoms with van der Waals surface area (Å²) in [5.41, 5.74) is 0. The van der Waals surface area contributed by atoms with E-state index in [1.807, 2.05) is 0 Å². The van der Waals surface area contributed by atoms with Crippen LogP contribution in [0.2, 0.25) is 0 Å². The number of hydrogen-bond acceptors (Lipinski definition) is 4. The maximum Gasteiger partial charge on any atom is 0.0967 e. The van der Waals surface area contributed by atoms with Gasteiger partial charge in [0.15, 0.2) is 0 Å². The molecule has 4 heteroatoms. The number of nitrogens with one attached hydrogen (secondary N) is 2. The second kappa shape index (κ2) is 16.6. The fourth-order valence-electron chi connectivity index (χ4n) is 1.75. The van der Waals surface area contributed by atoms with Gasteiger partial charge in [0.25, 0.3) is 0 Å². The van der Waals surface area contributed by atoms with Crippen molar-refractivity contribution in [2.75, 3.05) is 39.8 Å². The van der Waals surface area contributed by atoms with Gasteiger partial charge in [0.05, 0.1) is 20.1 Å². The van der Waals surface area contributed by atoms with Gasteiger partial charge in [-0.1, -0.05) is 45.8 Å². The van der Waals surface area contributed by atoms with Gasteiger partial charge in [0, 0.05) is 19.7 Å². The molecule has 0 heterocycles. The minimum atomic E-state index is 0.631. The van der Waals surface area contributed by atoms with Gasteiger partial charge in [-0.3, -0.25) is 10.6 Å². The Balaban J connectivity index is 3.12. The van der Waals surface area contributed by atoms with Crippen LogP contribution in [-0.4, -0.2) is 39.8 Å². The molecule has 0 amide bonds. The molecule has 2 N–H and O–H groups in total. The average Bonchev–Trinajstić information content (AvgIpc) is 2.44. The Morgan fingerprint density at radius 2 is 1.60 bits per heavy atom. The van der Waals surface area contributed by atoms with Crippen molar-refractivity contribution in [3.8, 4) is 0 Å². The first-order valence-electron chi connectivity index (χ1n) is 8.03. The molecule has 0 aromatic carbocycles. The summed E-state index contributed by atoms with van der Waals surface area (Å²) in [6.45, 7) is 11.3. The van der Waals surface area contributed by atoms with Crippen LogP contribution in [0.15, 0.2) is 12.2 Å². The van der Waals surface area contributed by atoms with E-state index in [1.165, 1.54) is 19.3 Å². The Morgan fingerprint density at radius 1 is 0.950 bits per heavy atom. The number of hydrogen-bond donors (Lipinski definition) is 2. The molecule has 0 aliphatic heterocycles. The Morgan fingerprint density at radius 3 is 2.20 bits per heavy atom. The zero-order valence-corrected chi connectivity index (χ0v) is 13.6. The van der Waals surface area contributed by atoms with Gasteiger partial charge in [-0.2, -0.15) is 0 Å². The number of unbranched alkanes of at least 4 members (excludes halogenated alkanes) is 1. The van der Waals surface area contributed by atoms with Gasteiger partial charge in [0.1, 0.15) is 0 Å². The third-order valence-corrected chi connectivity index (χ3v) is 2.93. The zero-order valence-electron chi connectivity index (χ0n) is 13.6. The van der Waals surface area contributed by atoms with Crippen LogP contribution < -0.4 is 10.6 Å². The molecule has 120 valence electrons. The van der Waals surface area contributed by atoms with Gasteiger partial charge in [-0.25, -0.2) is 0 Å². The van der Waals surface area contributed by atoms with Crippen molar-refractivity contribution in [3.05, 3.63) is 12.2 Å². The molecule has 1 unspecified atom stereocenters. The lowest BCUT2D eigenvalue weighted by Crippen LogP contribution is -2.21. The van der Waals surface area contributed by atoms with Crippen molar-refractivity contribution in [3.63, 3.8) is 0 Å². The normalized spacial score (nSPS) is 13.2. The van der Waals surface area contributed by atoms with Gasteiger partial charge >= 0.3 is 0 Å². The zero-order chi connectivity index (χ0) is 14.9. The van der Waals surface area contributed by atoms with Crippen LogP contribution in [0.4, 0.5) is 0 Å². The minimum Gasteiger partial charge on any atom is -0.366 e. The average molecular weight is 286 g/mol. The highest BCUT2D eigenvalue weighted by Crippen LogP contribution is 2.04. The molecule has 0 bridgehead atoms. The molecule has 0 aromatic rings. The molecule has 0 spiro atoms. The van der Waals surface area contributed by atoms with Crippen molar-refractivity contribution >= 4 is 0 Å². The molecule has 20 heavy (non-hydrogen) atoms. The first-order valence-corrected chi connectivity index (χ1v) is 8.03. The van der Waals surface area contributed by atoms with E-state index in [0.717, 1.165) is 32.7 Å². The van der Waals surface area contributed by atoms with Crippen molar-refractivity contribution in [2.45, 2.75) is 46.5 Å². The van der Waals surface area contributed by atoms with Crippen LogP contribution in [0.25, 0.3) is 0 Å². The quantitative estimate of drug-likeness (QED) is 0.276. The van der Waals surface area contributed by atoms with E-state index in [9.17, 15) is 0 Å². The third kappa shape index (κ3) is 15.6. The summed E-state index contributed by atoms with van der Waals surface area (Å²) in [5.74, 6) is 0.661. The first-order chi connectivity index (χ1) is 9.81. The summed E-state index contributed by atoms with van der Waals surface area (Å²) in [7, 11) is 0. The fourth-order valence-corrected chi connectivity index (χ4v) is 1.75. The highest BCUT2D eigenvalue weighted by atomic mass is 16.5. The summed E-state index contributed by atoms with van der Waals surface area (Å²) in [5, 5.41) is 6.44. The van der Waals surface area contributed by atoms with Crippen LogP contribution in [0.1, 0.15) is 46.5 Å². The van der Waals surface area contributed by atoms with Crippen LogP contribution >= 0.6 is 0 Å². The Labute approximate surface area is 125 Å². The van der Waals surface area contributed by atoms with E-state index >= 15 is 0 Å². The molecule has 0 saturated heterocycles. The largest absolute Gasteiger partial charge is 0.366 e. The van der Waals surface area contributed by atoms with Crippen LogP contribution in [0.5, 0.6) is 0 Å². The lowest BCUT2D eigenvalue weighted by molar-refractivity contribution is 0.0891. The Kier molecular flexibility index (Phi) is 16.3. The molecule has 4 nitrogen and oxygen atoms in total. The van der Waals surface area contributed by atoms with Crippen molar-refractivity contribution in [1.29, 1.82) is 0 Å².